The van der Waals surface area contributed by atoms with Crippen LogP contribution in [-0.2, 0) is 4.79 Å². The highest BCUT2D eigenvalue weighted by Gasteiger charge is 2.06. The lowest BCUT2D eigenvalue weighted by Gasteiger charge is -2.07. The fourth-order valence-electron chi connectivity index (χ4n) is 1.52. The number of hydrogen-bond acceptors (Lipinski definition) is 3. The molecule has 0 unspecified atom stereocenters. The van der Waals surface area contributed by atoms with Crippen molar-refractivity contribution < 1.29 is 9.18 Å². The molecule has 1 amide bonds. The number of anilines is 2. The van der Waals surface area contributed by atoms with Gasteiger partial charge in [0.15, 0.2) is 0 Å². The van der Waals surface area contributed by atoms with E-state index < -0.39 is 0 Å². The number of halogens is 2. The Bertz CT molecular complexity index is 619. The highest BCUT2D eigenvalue weighted by Crippen LogP contribution is 2.27. The Kier molecular flexibility index (Phi) is 4.87. The predicted octanol–water partition coefficient (Wildman–Crippen LogP) is 3.79. The molecule has 0 spiro atoms. The molecule has 0 radical (unpaired) electrons. The summed E-state index contributed by atoms with van der Waals surface area (Å²) in [5.41, 5.74) is 6.89. The van der Waals surface area contributed by atoms with E-state index in [9.17, 15) is 9.18 Å². The molecule has 0 bridgehead atoms. The SMILES string of the molecule is Nc1cc(Cl)ccc1SCC(=O)Nc1ccc(F)cc1. The van der Waals surface area contributed by atoms with Crippen LogP contribution in [0.3, 0.4) is 0 Å². The van der Waals surface area contributed by atoms with Crippen molar-refractivity contribution in [2.75, 3.05) is 16.8 Å². The maximum absolute atomic E-state index is 12.7. The Hall–Kier alpha value is -1.72. The second-order valence-corrected chi connectivity index (χ2v) is 5.48. The van der Waals surface area contributed by atoms with Gasteiger partial charge in [0.05, 0.1) is 5.75 Å². The third-order valence-electron chi connectivity index (χ3n) is 2.46. The Morgan fingerprint density at radius 1 is 1.25 bits per heavy atom. The summed E-state index contributed by atoms with van der Waals surface area (Å²) in [7, 11) is 0. The number of nitrogen functional groups attached to an aromatic ring is 1. The van der Waals surface area contributed by atoms with Gasteiger partial charge in [-0.05, 0) is 42.5 Å². The third kappa shape index (κ3) is 4.15. The van der Waals surface area contributed by atoms with E-state index in [0.717, 1.165) is 4.90 Å². The molecule has 3 N–H and O–H groups in total. The van der Waals surface area contributed by atoms with Gasteiger partial charge in [-0.3, -0.25) is 4.79 Å². The van der Waals surface area contributed by atoms with Crippen molar-refractivity contribution in [2.24, 2.45) is 0 Å². The monoisotopic (exact) mass is 310 g/mol. The van der Waals surface area contributed by atoms with Gasteiger partial charge >= 0.3 is 0 Å². The molecular formula is C14H12ClFN2OS. The van der Waals surface area contributed by atoms with Gasteiger partial charge in [-0.25, -0.2) is 4.39 Å². The van der Waals surface area contributed by atoms with Crippen LogP contribution in [0, 0.1) is 5.82 Å². The van der Waals surface area contributed by atoms with Crippen LogP contribution >= 0.6 is 23.4 Å². The molecule has 20 heavy (non-hydrogen) atoms. The molecule has 0 fully saturated rings. The van der Waals surface area contributed by atoms with Crippen LogP contribution in [0.15, 0.2) is 47.4 Å². The number of carbonyl (C=O) groups excluding carboxylic acids is 1. The molecule has 0 atom stereocenters. The Morgan fingerprint density at radius 3 is 2.60 bits per heavy atom. The van der Waals surface area contributed by atoms with Crippen molar-refractivity contribution in [1.82, 2.24) is 0 Å². The molecular weight excluding hydrogens is 299 g/mol. The lowest BCUT2D eigenvalue weighted by molar-refractivity contribution is -0.113. The maximum atomic E-state index is 12.7. The van der Waals surface area contributed by atoms with Gasteiger partial charge in [0, 0.05) is 21.3 Å². The van der Waals surface area contributed by atoms with E-state index >= 15 is 0 Å². The minimum absolute atomic E-state index is 0.184. The highest BCUT2D eigenvalue weighted by atomic mass is 35.5. The van der Waals surface area contributed by atoms with Crippen molar-refractivity contribution in [1.29, 1.82) is 0 Å². The van der Waals surface area contributed by atoms with E-state index in [1.165, 1.54) is 36.0 Å². The summed E-state index contributed by atoms with van der Waals surface area (Å²) in [5, 5.41) is 3.23. The van der Waals surface area contributed by atoms with Gasteiger partial charge in [-0.1, -0.05) is 11.6 Å². The van der Waals surface area contributed by atoms with E-state index in [4.69, 9.17) is 17.3 Å². The predicted molar refractivity (Wildman–Crippen MR) is 81.6 cm³/mol. The minimum atomic E-state index is -0.341. The number of rotatable bonds is 4. The number of thioether (sulfide) groups is 1. The molecule has 0 aliphatic rings. The number of amides is 1. The summed E-state index contributed by atoms with van der Waals surface area (Å²) in [6.45, 7) is 0. The number of benzene rings is 2. The second-order valence-electron chi connectivity index (χ2n) is 4.03. The molecule has 6 heteroatoms. The first kappa shape index (κ1) is 14.7. The number of hydrogen-bond donors (Lipinski definition) is 2. The van der Waals surface area contributed by atoms with Crippen LogP contribution in [0.4, 0.5) is 15.8 Å². The maximum Gasteiger partial charge on any atom is 0.234 e. The summed E-state index contributed by atoms with van der Waals surface area (Å²) in [6, 6.07) is 10.7. The molecule has 0 heterocycles. The van der Waals surface area contributed by atoms with Gasteiger partial charge in [-0.15, -0.1) is 11.8 Å². The summed E-state index contributed by atoms with van der Waals surface area (Å²) < 4.78 is 12.7. The first-order valence-corrected chi connectivity index (χ1v) is 7.14. The van der Waals surface area contributed by atoms with Crippen LogP contribution < -0.4 is 11.1 Å². The van der Waals surface area contributed by atoms with Crippen molar-refractivity contribution in [3.05, 3.63) is 53.3 Å². The zero-order valence-corrected chi connectivity index (χ0v) is 12.0. The van der Waals surface area contributed by atoms with Gasteiger partial charge in [0.1, 0.15) is 5.82 Å². The van der Waals surface area contributed by atoms with Gasteiger partial charge < -0.3 is 11.1 Å². The molecule has 2 aromatic carbocycles. The van der Waals surface area contributed by atoms with E-state index in [1.54, 1.807) is 18.2 Å². The Morgan fingerprint density at radius 2 is 1.95 bits per heavy atom. The molecule has 0 saturated heterocycles. The van der Waals surface area contributed by atoms with E-state index in [0.29, 0.717) is 16.4 Å². The standard InChI is InChI=1S/C14H12ClFN2OS/c15-9-1-6-13(12(17)7-9)20-8-14(19)18-11-4-2-10(16)3-5-11/h1-7H,8,17H2,(H,18,19). The van der Waals surface area contributed by atoms with Crippen molar-refractivity contribution in [3.63, 3.8) is 0 Å². The first-order chi connectivity index (χ1) is 9.54. The average molecular weight is 311 g/mol. The molecule has 0 aromatic heterocycles. The molecule has 3 nitrogen and oxygen atoms in total. The molecule has 2 aromatic rings. The van der Waals surface area contributed by atoms with Crippen molar-refractivity contribution in [3.8, 4) is 0 Å². The van der Waals surface area contributed by atoms with Crippen molar-refractivity contribution in [2.45, 2.75) is 4.90 Å². The zero-order valence-electron chi connectivity index (χ0n) is 10.4. The summed E-state index contributed by atoms with van der Waals surface area (Å²) in [6.07, 6.45) is 0. The summed E-state index contributed by atoms with van der Waals surface area (Å²) in [4.78, 5) is 12.6. The largest absolute Gasteiger partial charge is 0.398 e. The molecule has 2 rings (SSSR count). The summed E-state index contributed by atoms with van der Waals surface area (Å²) in [5.74, 6) is -0.314. The lowest BCUT2D eigenvalue weighted by Crippen LogP contribution is -2.14. The fourth-order valence-corrected chi connectivity index (χ4v) is 2.45. The lowest BCUT2D eigenvalue weighted by atomic mass is 10.3. The Balaban J connectivity index is 1.90. The summed E-state index contributed by atoms with van der Waals surface area (Å²) >= 11 is 7.12. The molecule has 0 aliphatic carbocycles. The smallest absolute Gasteiger partial charge is 0.234 e. The highest BCUT2D eigenvalue weighted by molar-refractivity contribution is 8.00. The average Bonchev–Trinajstić information content (AvgIpc) is 2.40. The van der Waals surface area contributed by atoms with Gasteiger partial charge in [0.2, 0.25) is 5.91 Å². The van der Waals surface area contributed by atoms with Crippen LogP contribution in [0.2, 0.25) is 5.02 Å². The van der Waals surface area contributed by atoms with E-state index in [2.05, 4.69) is 5.32 Å². The number of carbonyl (C=O) groups is 1. The van der Waals surface area contributed by atoms with Gasteiger partial charge in [-0.2, -0.15) is 0 Å². The quantitative estimate of drug-likeness (QED) is 0.667. The fraction of sp³-hybridized carbons (Fsp3) is 0.0714. The van der Waals surface area contributed by atoms with Crippen LogP contribution in [0.25, 0.3) is 0 Å². The van der Waals surface area contributed by atoms with Crippen LogP contribution in [0.5, 0.6) is 0 Å². The van der Waals surface area contributed by atoms with Crippen LogP contribution in [0.1, 0.15) is 0 Å². The zero-order chi connectivity index (χ0) is 14.5. The molecule has 0 saturated carbocycles. The molecule has 104 valence electrons. The number of nitrogens with two attached hydrogens (primary N) is 1. The number of nitrogens with one attached hydrogen (secondary N) is 1. The minimum Gasteiger partial charge on any atom is -0.398 e. The van der Waals surface area contributed by atoms with Crippen molar-refractivity contribution >= 4 is 40.6 Å². The van der Waals surface area contributed by atoms with Gasteiger partial charge in [0.25, 0.3) is 0 Å². The van der Waals surface area contributed by atoms with Crippen LogP contribution in [-0.4, -0.2) is 11.7 Å². The Labute approximate surface area is 125 Å². The topological polar surface area (TPSA) is 55.1 Å². The molecule has 0 aliphatic heterocycles. The van der Waals surface area contributed by atoms with E-state index in [-0.39, 0.29) is 17.5 Å². The normalized spacial score (nSPS) is 10.3. The second kappa shape index (κ2) is 6.63. The first-order valence-electron chi connectivity index (χ1n) is 5.78. The van der Waals surface area contributed by atoms with E-state index in [1.807, 2.05) is 0 Å². The third-order valence-corrected chi connectivity index (χ3v) is 3.78.